The molecule has 0 radical (unpaired) electrons. The molecule has 7 rings (SSSR count). The minimum atomic E-state index is -0.448. The van der Waals surface area contributed by atoms with Crippen LogP contribution in [-0.4, -0.2) is 36.8 Å². The highest BCUT2D eigenvalue weighted by Gasteiger charge is 2.61. The van der Waals surface area contributed by atoms with Crippen LogP contribution in [0.3, 0.4) is 0 Å². The molecule has 1 fully saturated rings. The summed E-state index contributed by atoms with van der Waals surface area (Å²) in [5.41, 5.74) is 5.26. The summed E-state index contributed by atoms with van der Waals surface area (Å²) in [6.45, 7) is 2.36. The zero-order valence-corrected chi connectivity index (χ0v) is 20.9. The number of amides is 2. The van der Waals surface area contributed by atoms with Gasteiger partial charge >= 0.3 is 0 Å². The van der Waals surface area contributed by atoms with Crippen LogP contribution in [0.2, 0.25) is 0 Å². The van der Waals surface area contributed by atoms with Crippen LogP contribution in [0.4, 0.5) is 0 Å². The third kappa shape index (κ3) is 3.18. The third-order valence-electron chi connectivity index (χ3n) is 7.28. The molecule has 1 heterocycles. The molecule has 0 unspecified atom stereocenters. The number of rotatable bonds is 5. The van der Waals surface area contributed by atoms with Crippen molar-refractivity contribution in [3.05, 3.63) is 93.0 Å². The predicted molar refractivity (Wildman–Crippen MR) is 135 cm³/mol. The summed E-state index contributed by atoms with van der Waals surface area (Å²) >= 11 is 3.50. The molecule has 2 amide bonds. The van der Waals surface area contributed by atoms with E-state index in [2.05, 4.69) is 45.3 Å². The molecular weight excluding hydrogens is 508 g/mol. The van der Waals surface area contributed by atoms with E-state index in [4.69, 9.17) is 9.47 Å². The first kappa shape index (κ1) is 22.0. The molecule has 7 heteroatoms. The Labute approximate surface area is 211 Å². The van der Waals surface area contributed by atoms with Crippen LogP contribution in [0.1, 0.15) is 46.6 Å². The zero-order chi connectivity index (χ0) is 24.3. The number of benzene rings is 3. The Morgan fingerprint density at radius 1 is 0.914 bits per heavy atom. The Morgan fingerprint density at radius 2 is 1.43 bits per heavy atom. The van der Waals surface area contributed by atoms with E-state index in [1.807, 2.05) is 37.3 Å². The normalized spacial score (nSPS) is 23.9. The van der Waals surface area contributed by atoms with Crippen LogP contribution in [-0.2, 0) is 9.59 Å². The van der Waals surface area contributed by atoms with Gasteiger partial charge in [-0.05, 0) is 62.8 Å². The molecule has 3 aromatic carbocycles. The first-order valence-corrected chi connectivity index (χ1v) is 12.4. The minimum absolute atomic E-state index is 0.145. The fourth-order valence-electron chi connectivity index (χ4n) is 6.02. The van der Waals surface area contributed by atoms with Crippen molar-refractivity contribution in [1.29, 1.82) is 0 Å². The van der Waals surface area contributed by atoms with Crippen molar-refractivity contribution in [1.82, 2.24) is 5.01 Å². The number of methoxy groups -OCH3 is 1. The lowest BCUT2D eigenvalue weighted by atomic mass is 9.55. The third-order valence-corrected chi connectivity index (χ3v) is 7.87. The van der Waals surface area contributed by atoms with Gasteiger partial charge in [0.1, 0.15) is 0 Å². The average Bonchev–Trinajstić information content (AvgIpc) is 3.13. The lowest BCUT2D eigenvalue weighted by Gasteiger charge is -2.45. The predicted octanol–water partition coefficient (Wildman–Crippen LogP) is 5.08. The van der Waals surface area contributed by atoms with E-state index in [-0.39, 0.29) is 23.7 Å². The largest absolute Gasteiger partial charge is 0.492 e. The van der Waals surface area contributed by atoms with Gasteiger partial charge in [0.25, 0.3) is 11.8 Å². The Balaban J connectivity index is 1.39. The van der Waals surface area contributed by atoms with Crippen LogP contribution in [0.15, 0.2) is 70.2 Å². The molecule has 1 aliphatic heterocycles. The second-order valence-electron chi connectivity index (χ2n) is 8.96. The molecular formula is C28H23BrN2O4. The summed E-state index contributed by atoms with van der Waals surface area (Å²) in [5.74, 6) is -0.534. The number of nitrogens with zero attached hydrogens (tertiary/aromatic N) is 2. The maximum atomic E-state index is 13.7. The Hall–Kier alpha value is -3.45. The molecule has 0 saturated carbocycles. The maximum Gasteiger partial charge on any atom is 0.254 e. The average molecular weight is 531 g/mol. The number of hydrogen-bond acceptors (Lipinski definition) is 5. The van der Waals surface area contributed by atoms with Crippen molar-refractivity contribution in [2.75, 3.05) is 13.7 Å². The van der Waals surface area contributed by atoms with E-state index in [1.165, 1.54) is 6.21 Å². The van der Waals surface area contributed by atoms with Crippen LogP contribution >= 0.6 is 15.9 Å². The molecule has 176 valence electrons. The van der Waals surface area contributed by atoms with Crippen LogP contribution in [0, 0.1) is 11.8 Å². The molecule has 35 heavy (non-hydrogen) atoms. The lowest BCUT2D eigenvalue weighted by Crippen LogP contribution is -2.41. The molecule has 1 saturated heterocycles. The zero-order valence-electron chi connectivity index (χ0n) is 19.3. The number of carbonyl (C=O) groups is 2. The van der Waals surface area contributed by atoms with Gasteiger partial charge in [0, 0.05) is 11.8 Å². The Morgan fingerprint density at radius 3 is 1.89 bits per heavy atom. The van der Waals surface area contributed by atoms with Crippen molar-refractivity contribution < 1.29 is 19.1 Å². The van der Waals surface area contributed by atoms with Crippen LogP contribution in [0.5, 0.6) is 11.5 Å². The molecule has 2 atom stereocenters. The van der Waals surface area contributed by atoms with E-state index in [9.17, 15) is 9.59 Å². The standard InChI is InChI=1S/C28H23BrN2O4/c1-3-35-21-13-15(12-20(29)26(21)34-2)14-30-31-27(32)24-22-16-8-4-5-9-17(16)23(25(24)28(31)33)19-11-7-6-10-18(19)22/h4-14,22-25H,3H2,1-2H3/b30-14-/t22?,23?,24-,25+. The molecule has 0 aromatic heterocycles. The number of hydrogen-bond donors (Lipinski definition) is 0. The van der Waals surface area contributed by atoms with Gasteiger partial charge in [0.2, 0.25) is 0 Å². The van der Waals surface area contributed by atoms with Crippen LogP contribution < -0.4 is 9.47 Å². The van der Waals surface area contributed by atoms with Crippen LogP contribution in [0.25, 0.3) is 0 Å². The molecule has 6 nitrogen and oxygen atoms in total. The number of hydrazone groups is 1. The number of carbonyl (C=O) groups excluding carboxylic acids is 2. The first-order valence-electron chi connectivity index (χ1n) is 11.6. The van der Waals surface area contributed by atoms with Crippen molar-refractivity contribution in [3.8, 4) is 11.5 Å². The highest BCUT2D eigenvalue weighted by molar-refractivity contribution is 9.10. The van der Waals surface area contributed by atoms with Gasteiger partial charge in [-0.25, -0.2) is 0 Å². The number of halogens is 1. The SMILES string of the molecule is CCOc1cc(/C=N\N2C(=O)[C@@H]3C4c5ccccc5C(c5ccccc54)[C@@H]3C2=O)cc(Br)c1OC. The van der Waals surface area contributed by atoms with E-state index in [0.29, 0.717) is 28.1 Å². The quantitative estimate of drug-likeness (QED) is 0.340. The summed E-state index contributed by atoms with van der Waals surface area (Å²) in [6.07, 6.45) is 1.53. The summed E-state index contributed by atoms with van der Waals surface area (Å²) in [6, 6.07) is 20.0. The Kier molecular flexibility index (Phi) is 5.25. The fourth-order valence-corrected chi connectivity index (χ4v) is 6.64. The molecule has 3 aliphatic carbocycles. The van der Waals surface area contributed by atoms with Crippen molar-refractivity contribution in [2.24, 2.45) is 16.9 Å². The smallest absolute Gasteiger partial charge is 0.254 e. The van der Waals surface area contributed by atoms with Gasteiger partial charge in [0.05, 0.1) is 36.2 Å². The number of ether oxygens (including phenoxy) is 2. The van der Waals surface area contributed by atoms with Gasteiger partial charge in [-0.3, -0.25) is 9.59 Å². The van der Waals surface area contributed by atoms with Gasteiger partial charge in [-0.2, -0.15) is 10.1 Å². The van der Waals surface area contributed by atoms with Crippen molar-refractivity contribution in [3.63, 3.8) is 0 Å². The van der Waals surface area contributed by atoms with Crippen molar-refractivity contribution in [2.45, 2.75) is 18.8 Å². The topological polar surface area (TPSA) is 68.2 Å². The van der Waals surface area contributed by atoms with Gasteiger partial charge in [-0.1, -0.05) is 48.5 Å². The lowest BCUT2D eigenvalue weighted by molar-refractivity contribution is -0.139. The summed E-state index contributed by atoms with van der Waals surface area (Å²) in [5, 5.41) is 5.47. The summed E-state index contributed by atoms with van der Waals surface area (Å²) < 4.78 is 11.8. The molecule has 3 aromatic rings. The van der Waals surface area contributed by atoms with E-state index >= 15 is 0 Å². The highest BCUT2D eigenvalue weighted by Crippen LogP contribution is 2.60. The Bertz CT molecular complexity index is 1290. The van der Waals surface area contributed by atoms with Gasteiger partial charge in [-0.15, -0.1) is 0 Å². The van der Waals surface area contributed by atoms with E-state index in [0.717, 1.165) is 27.3 Å². The monoisotopic (exact) mass is 530 g/mol. The summed E-state index contributed by atoms with van der Waals surface area (Å²) in [7, 11) is 1.57. The fraction of sp³-hybridized carbons (Fsp3) is 0.250. The van der Waals surface area contributed by atoms with E-state index < -0.39 is 11.8 Å². The second kappa shape index (κ2) is 8.34. The first-order chi connectivity index (χ1) is 17.0. The molecule has 0 N–H and O–H groups in total. The number of imide groups is 1. The van der Waals surface area contributed by atoms with E-state index in [1.54, 1.807) is 13.2 Å². The molecule has 0 spiro atoms. The maximum absolute atomic E-state index is 13.7. The summed E-state index contributed by atoms with van der Waals surface area (Å²) in [4.78, 5) is 27.3. The highest BCUT2D eigenvalue weighted by atomic mass is 79.9. The van der Waals surface area contributed by atoms with Gasteiger partial charge < -0.3 is 9.47 Å². The second-order valence-corrected chi connectivity index (χ2v) is 9.82. The minimum Gasteiger partial charge on any atom is -0.492 e. The molecule has 4 aliphatic rings. The molecule has 2 bridgehead atoms. The van der Waals surface area contributed by atoms with Crippen molar-refractivity contribution >= 4 is 34.0 Å². The van der Waals surface area contributed by atoms with Gasteiger partial charge in [0.15, 0.2) is 11.5 Å².